The van der Waals surface area contributed by atoms with Gasteiger partial charge in [0, 0.05) is 19.6 Å². The second-order valence-corrected chi connectivity index (χ2v) is 5.43. The van der Waals surface area contributed by atoms with E-state index in [4.69, 9.17) is 11.2 Å². The number of nitrogens with zero attached hydrogens (tertiary/aromatic N) is 1. The molecular weight excluding hydrogens is 283 g/mol. The molecular formula is C17H21FN2O2. The van der Waals surface area contributed by atoms with Gasteiger partial charge in [0.05, 0.1) is 6.61 Å². The first kappa shape index (κ1) is 16.3. The van der Waals surface area contributed by atoms with Crippen molar-refractivity contribution in [1.29, 1.82) is 0 Å². The normalized spacial score (nSPS) is 15.4. The number of amides is 2. The molecule has 2 amide bonds. The van der Waals surface area contributed by atoms with Gasteiger partial charge in [-0.25, -0.2) is 9.18 Å². The number of carbonyl (C=O) groups excluding carboxylic acids is 1. The second kappa shape index (κ2) is 8.40. The van der Waals surface area contributed by atoms with E-state index in [9.17, 15) is 9.18 Å². The Balaban J connectivity index is 1.69. The summed E-state index contributed by atoms with van der Waals surface area (Å²) in [6.07, 6.45) is 6.99. The Morgan fingerprint density at radius 1 is 1.36 bits per heavy atom. The molecule has 0 atom stereocenters. The van der Waals surface area contributed by atoms with E-state index in [1.54, 1.807) is 17.0 Å². The first-order chi connectivity index (χ1) is 10.7. The van der Waals surface area contributed by atoms with Gasteiger partial charge in [-0.05, 0) is 36.5 Å². The van der Waals surface area contributed by atoms with Crippen LogP contribution in [0.2, 0.25) is 0 Å². The predicted octanol–water partition coefficient (Wildman–Crippen LogP) is 2.40. The summed E-state index contributed by atoms with van der Waals surface area (Å²) in [5.74, 6) is 2.64. The van der Waals surface area contributed by atoms with Gasteiger partial charge in [-0.1, -0.05) is 18.1 Å². The Morgan fingerprint density at radius 3 is 2.68 bits per heavy atom. The molecule has 0 aromatic heterocycles. The molecule has 0 spiro atoms. The molecule has 1 aliphatic heterocycles. The molecule has 1 saturated heterocycles. The van der Waals surface area contributed by atoms with Crippen molar-refractivity contribution in [3.05, 3.63) is 35.6 Å². The molecule has 0 saturated carbocycles. The Morgan fingerprint density at radius 2 is 2.05 bits per heavy atom. The summed E-state index contributed by atoms with van der Waals surface area (Å²) in [5.41, 5.74) is 0.882. The van der Waals surface area contributed by atoms with Crippen molar-refractivity contribution >= 4 is 6.03 Å². The minimum atomic E-state index is -0.274. The SMILES string of the molecule is C#CCOCC1CCN(C(=O)NCc2ccc(F)cc2)CC1. The number of halogens is 1. The highest BCUT2D eigenvalue weighted by Gasteiger charge is 2.22. The number of ether oxygens (including phenoxy) is 1. The van der Waals surface area contributed by atoms with Crippen LogP contribution in [0.4, 0.5) is 9.18 Å². The molecule has 0 aliphatic carbocycles. The Bertz CT molecular complexity index is 516. The van der Waals surface area contributed by atoms with E-state index in [1.807, 2.05) is 0 Å². The smallest absolute Gasteiger partial charge is 0.317 e. The van der Waals surface area contributed by atoms with Crippen molar-refractivity contribution in [2.45, 2.75) is 19.4 Å². The first-order valence-corrected chi connectivity index (χ1v) is 7.47. The van der Waals surface area contributed by atoms with Crippen LogP contribution in [-0.2, 0) is 11.3 Å². The van der Waals surface area contributed by atoms with Crippen LogP contribution in [0.25, 0.3) is 0 Å². The van der Waals surface area contributed by atoms with Gasteiger partial charge in [0.25, 0.3) is 0 Å². The number of urea groups is 1. The Hall–Kier alpha value is -2.06. The molecule has 22 heavy (non-hydrogen) atoms. The van der Waals surface area contributed by atoms with Crippen LogP contribution in [0, 0.1) is 24.1 Å². The third-order valence-corrected chi connectivity index (χ3v) is 3.80. The highest BCUT2D eigenvalue weighted by Crippen LogP contribution is 2.17. The fraction of sp³-hybridized carbons (Fsp3) is 0.471. The summed E-state index contributed by atoms with van der Waals surface area (Å²) in [7, 11) is 0. The van der Waals surface area contributed by atoms with Crippen molar-refractivity contribution in [3.8, 4) is 12.3 Å². The van der Waals surface area contributed by atoms with Crippen molar-refractivity contribution in [3.63, 3.8) is 0 Å². The number of rotatable bonds is 5. The zero-order valence-corrected chi connectivity index (χ0v) is 12.6. The van der Waals surface area contributed by atoms with Crippen LogP contribution in [0.3, 0.4) is 0 Å². The minimum absolute atomic E-state index is 0.0766. The lowest BCUT2D eigenvalue weighted by molar-refractivity contribution is 0.0911. The third-order valence-electron chi connectivity index (χ3n) is 3.80. The van der Waals surface area contributed by atoms with E-state index >= 15 is 0 Å². The van der Waals surface area contributed by atoms with E-state index in [2.05, 4.69) is 11.2 Å². The molecule has 0 unspecified atom stereocenters. The first-order valence-electron chi connectivity index (χ1n) is 7.47. The highest BCUT2D eigenvalue weighted by molar-refractivity contribution is 5.74. The van der Waals surface area contributed by atoms with Crippen LogP contribution >= 0.6 is 0 Å². The molecule has 1 aliphatic rings. The zero-order chi connectivity index (χ0) is 15.8. The number of likely N-dealkylation sites (tertiary alicyclic amines) is 1. The van der Waals surface area contributed by atoms with Crippen LogP contribution in [0.1, 0.15) is 18.4 Å². The molecule has 1 aromatic rings. The van der Waals surface area contributed by atoms with Crippen LogP contribution in [0.15, 0.2) is 24.3 Å². The lowest BCUT2D eigenvalue weighted by Crippen LogP contribution is -2.44. The maximum atomic E-state index is 12.8. The maximum absolute atomic E-state index is 12.8. The second-order valence-electron chi connectivity index (χ2n) is 5.43. The van der Waals surface area contributed by atoms with Crippen molar-refractivity contribution < 1.29 is 13.9 Å². The summed E-state index contributed by atoms with van der Waals surface area (Å²) >= 11 is 0. The topological polar surface area (TPSA) is 41.6 Å². The lowest BCUT2D eigenvalue weighted by atomic mass is 9.98. The van der Waals surface area contributed by atoms with Crippen LogP contribution < -0.4 is 5.32 Å². The third kappa shape index (κ3) is 5.05. The van der Waals surface area contributed by atoms with Crippen LogP contribution in [-0.4, -0.2) is 37.2 Å². The average Bonchev–Trinajstić information content (AvgIpc) is 2.55. The predicted molar refractivity (Wildman–Crippen MR) is 82.6 cm³/mol. The van der Waals surface area contributed by atoms with Crippen molar-refractivity contribution in [2.24, 2.45) is 5.92 Å². The molecule has 2 rings (SSSR count). The van der Waals surface area contributed by atoms with Gasteiger partial charge in [0.1, 0.15) is 12.4 Å². The summed E-state index contributed by atoms with van der Waals surface area (Å²) in [6.45, 7) is 2.86. The fourth-order valence-corrected chi connectivity index (χ4v) is 2.48. The maximum Gasteiger partial charge on any atom is 0.317 e. The number of piperidine rings is 1. The van der Waals surface area contributed by atoms with Gasteiger partial charge in [-0.2, -0.15) is 0 Å². The van der Waals surface area contributed by atoms with Gasteiger partial charge in [0.2, 0.25) is 0 Å². The van der Waals surface area contributed by atoms with E-state index in [-0.39, 0.29) is 11.8 Å². The van der Waals surface area contributed by atoms with Gasteiger partial charge in [-0.15, -0.1) is 6.42 Å². The molecule has 0 bridgehead atoms. The largest absolute Gasteiger partial charge is 0.369 e. The summed E-state index contributed by atoms with van der Waals surface area (Å²) < 4.78 is 18.2. The number of hydrogen-bond acceptors (Lipinski definition) is 2. The molecule has 1 heterocycles. The van der Waals surface area contributed by atoms with Crippen molar-refractivity contribution in [2.75, 3.05) is 26.3 Å². The number of carbonyl (C=O) groups is 1. The Labute approximate surface area is 130 Å². The fourth-order valence-electron chi connectivity index (χ4n) is 2.48. The van der Waals surface area contributed by atoms with Gasteiger partial charge >= 0.3 is 6.03 Å². The Kier molecular flexibility index (Phi) is 6.23. The highest BCUT2D eigenvalue weighted by atomic mass is 19.1. The molecule has 1 fully saturated rings. The summed E-state index contributed by atoms with van der Waals surface area (Å²) in [6, 6.07) is 6.05. The lowest BCUT2D eigenvalue weighted by Gasteiger charge is -2.31. The minimum Gasteiger partial charge on any atom is -0.369 e. The summed E-state index contributed by atoms with van der Waals surface area (Å²) in [5, 5.41) is 2.86. The van der Waals surface area contributed by atoms with Crippen LogP contribution in [0.5, 0.6) is 0 Å². The van der Waals surface area contributed by atoms with Gasteiger partial charge < -0.3 is 15.0 Å². The van der Waals surface area contributed by atoms with E-state index in [0.29, 0.717) is 25.7 Å². The number of hydrogen-bond donors (Lipinski definition) is 1. The zero-order valence-electron chi connectivity index (χ0n) is 12.6. The molecule has 1 aromatic carbocycles. The van der Waals surface area contributed by atoms with Crippen molar-refractivity contribution in [1.82, 2.24) is 10.2 Å². The van der Waals surface area contributed by atoms with Gasteiger partial charge in [0.15, 0.2) is 0 Å². The average molecular weight is 304 g/mol. The molecule has 5 heteroatoms. The van der Waals surface area contributed by atoms with Gasteiger partial charge in [-0.3, -0.25) is 0 Å². The monoisotopic (exact) mass is 304 g/mol. The molecule has 1 N–H and O–H groups in total. The number of benzene rings is 1. The van der Waals surface area contributed by atoms with E-state index in [1.165, 1.54) is 12.1 Å². The number of nitrogens with one attached hydrogen (secondary N) is 1. The molecule has 118 valence electrons. The molecule has 0 radical (unpaired) electrons. The quantitative estimate of drug-likeness (QED) is 0.670. The number of terminal acetylenes is 1. The van der Waals surface area contributed by atoms with E-state index < -0.39 is 0 Å². The summed E-state index contributed by atoms with van der Waals surface area (Å²) in [4.78, 5) is 13.9. The van der Waals surface area contributed by atoms with E-state index in [0.717, 1.165) is 31.5 Å². The standard InChI is InChI=1S/C17H21FN2O2/c1-2-11-22-13-15-7-9-20(10-8-15)17(21)19-12-14-3-5-16(18)6-4-14/h1,3-6,15H,7-13H2,(H,19,21). The molecule has 4 nitrogen and oxygen atoms in total.